The van der Waals surface area contributed by atoms with E-state index in [-0.39, 0.29) is 29.9 Å². The molecule has 0 bridgehead atoms. The average molecular weight is 424 g/mol. The monoisotopic (exact) mass is 423 g/mol. The number of fused-ring (bicyclic) bond motifs is 4. The second-order valence-electron chi connectivity index (χ2n) is 8.37. The molecule has 0 atom stereocenters. The molecule has 154 valence electrons. The molecule has 0 unspecified atom stereocenters. The molecular formula is C32H21N. The van der Waals surface area contributed by atoms with Crippen LogP contribution in [0.2, 0.25) is 0 Å². The van der Waals surface area contributed by atoms with Gasteiger partial charge in [0.05, 0.1) is 5.48 Å². The highest BCUT2D eigenvalue weighted by Gasteiger charge is 2.21. The van der Waals surface area contributed by atoms with Gasteiger partial charge in [0.15, 0.2) is 0 Å². The third-order valence-corrected chi connectivity index (χ3v) is 6.46. The van der Waals surface area contributed by atoms with Crippen molar-refractivity contribution in [2.75, 3.05) is 5.32 Å². The molecule has 33 heavy (non-hydrogen) atoms. The van der Waals surface area contributed by atoms with E-state index in [1.54, 1.807) is 0 Å². The van der Waals surface area contributed by atoms with Gasteiger partial charge >= 0.3 is 0 Å². The molecule has 1 aliphatic carbocycles. The Hall–Kier alpha value is -4.36. The smallest absolute Gasteiger partial charge is 0.0645 e. The summed E-state index contributed by atoms with van der Waals surface area (Å²) in [4.78, 5) is 0. The van der Waals surface area contributed by atoms with E-state index < -0.39 is 0 Å². The van der Waals surface area contributed by atoms with Gasteiger partial charge in [-0.15, -0.1) is 0 Å². The zero-order chi connectivity index (χ0) is 25.3. The zero-order valence-electron chi connectivity index (χ0n) is 21.7. The van der Waals surface area contributed by atoms with Gasteiger partial charge in [0.25, 0.3) is 0 Å². The standard InChI is InChI=1S/C32H21N/c1-2-10-26-21(6-1)7-3-11-27(26)22-14-16-24(17-15-22)33-25-18-19-28-29-12-4-8-23-9-5-13-30(32(23)29)31(28)20-25/h1-20,33H/i14D,15D,16D,17D. The van der Waals surface area contributed by atoms with Crippen molar-refractivity contribution in [3.63, 3.8) is 0 Å². The van der Waals surface area contributed by atoms with Crippen molar-refractivity contribution in [3.05, 3.63) is 121 Å². The Balaban J connectivity index is 1.35. The molecule has 6 aromatic carbocycles. The minimum absolute atomic E-state index is 0.0572. The fourth-order valence-electron chi connectivity index (χ4n) is 4.97. The molecule has 1 aliphatic rings. The molecule has 0 saturated carbocycles. The molecule has 0 aliphatic heterocycles. The summed E-state index contributed by atoms with van der Waals surface area (Å²) in [6.07, 6.45) is 0. The summed E-state index contributed by atoms with van der Waals surface area (Å²) in [7, 11) is 0. The molecule has 1 heteroatoms. The fourth-order valence-corrected chi connectivity index (χ4v) is 4.97. The molecule has 0 radical (unpaired) electrons. The first kappa shape index (κ1) is 14.7. The Morgan fingerprint density at radius 3 is 1.97 bits per heavy atom. The van der Waals surface area contributed by atoms with Crippen molar-refractivity contribution < 1.29 is 5.48 Å². The van der Waals surface area contributed by atoms with Gasteiger partial charge in [-0.05, 0) is 79.1 Å². The van der Waals surface area contributed by atoms with Crippen molar-refractivity contribution in [1.82, 2.24) is 0 Å². The predicted molar refractivity (Wildman–Crippen MR) is 141 cm³/mol. The fraction of sp³-hybridized carbons (Fsp3) is 0. The lowest BCUT2D eigenvalue weighted by molar-refractivity contribution is 1.55. The van der Waals surface area contributed by atoms with Crippen molar-refractivity contribution in [2.24, 2.45) is 0 Å². The van der Waals surface area contributed by atoms with Gasteiger partial charge in [-0.2, -0.15) is 0 Å². The minimum atomic E-state index is -0.0881. The van der Waals surface area contributed by atoms with Gasteiger partial charge in [0.2, 0.25) is 0 Å². The van der Waals surface area contributed by atoms with Crippen LogP contribution in [0.4, 0.5) is 11.4 Å². The van der Waals surface area contributed by atoms with Crippen LogP contribution in [0.25, 0.3) is 54.9 Å². The molecule has 6 aromatic rings. The van der Waals surface area contributed by atoms with E-state index in [9.17, 15) is 0 Å². The Kier molecular flexibility index (Phi) is 3.14. The molecule has 1 N–H and O–H groups in total. The van der Waals surface area contributed by atoms with Crippen molar-refractivity contribution in [2.45, 2.75) is 0 Å². The normalized spacial score (nSPS) is 13.3. The number of nitrogens with one attached hydrogen (secondary N) is 1. The van der Waals surface area contributed by atoms with E-state index in [4.69, 9.17) is 5.48 Å². The third-order valence-electron chi connectivity index (χ3n) is 6.46. The second-order valence-corrected chi connectivity index (χ2v) is 8.37. The molecule has 0 aromatic heterocycles. The van der Waals surface area contributed by atoms with Crippen LogP contribution in [-0.2, 0) is 0 Å². The maximum Gasteiger partial charge on any atom is 0.0645 e. The van der Waals surface area contributed by atoms with Gasteiger partial charge < -0.3 is 5.32 Å². The second kappa shape index (κ2) is 7.08. The van der Waals surface area contributed by atoms with Gasteiger partial charge in [0, 0.05) is 11.4 Å². The average Bonchev–Trinajstić information content (AvgIpc) is 3.25. The van der Waals surface area contributed by atoms with E-state index in [0.29, 0.717) is 11.1 Å². The van der Waals surface area contributed by atoms with Crippen LogP contribution < -0.4 is 5.32 Å². The van der Waals surface area contributed by atoms with Gasteiger partial charge in [-0.25, -0.2) is 0 Å². The number of hydrogen-bond donors (Lipinski definition) is 1. The first-order chi connectivity index (χ1) is 18.0. The Bertz CT molecular complexity index is 1870. The zero-order valence-corrected chi connectivity index (χ0v) is 17.7. The maximum absolute atomic E-state index is 8.81. The number of anilines is 2. The van der Waals surface area contributed by atoms with Crippen molar-refractivity contribution in [1.29, 1.82) is 0 Å². The number of hydrogen-bond acceptors (Lipinski definition) is 1. The third kappa shape index (κ3) is 2.86. The SMILES string of the molecule is [2H]c1c([2H])c(-c2cccc3ccccc23)c([2H])c([2H])c1Nc1ccc2c(c1)-c1cccc3cccc-2c13. The van der Waals surface area contributed by atoms with Gasteiger partial charge in [-0.1, -0.05) is 97.0 Å². The summed E-state index contributed by atoms with van der Waals surface area (Å²) < 4.78 is 35.2. The first-order valence-corrected chi connectivity index (χ1v) is 11.0. The molecule has 1 nitrogen and oxygen atoms in total. The Labute approximate surface area is 198 Å². The largest absolute Gasteiger partial charge is 0.356 e. The summed E-state index contributed by atoms with van der Waals surface area (Å²) in [6.45, 7) is 0. The molecular weight excluding hydrogens is 398 g/mol. The van der Waals surface area contributed by atoms with Crippen LogP contribution in [0.1, 0.15) is 5.48 Å². The lowest BCUT2D eigenvalue weighted by Gasteiger charge is -2.11. The van der Waals surface area contributed by atoms with Crippen LogP contribution in [0.5, 0.6) is 0 Å². The van der Waals surface area contributed by atoms with E-state index in [1.165, 1.54) is 16.3 Å². The van der Waals surface area contributed by atoms with Crippen LogP contribution >= 0.6 is 0 Å². The van der Waals surface area contributed by atoms with Crippen molar-refractivity contribution >= 4 is 32.9 Å². The van der Waals surface area contributed by atoms with Gasteiger partial charge in [-0.3, -0.25) is 0 Å². The van der Waals surface area contributed by atoms with E-state index in [2.05, 4.69) is 47.8 Å². The maximum atomic E-state index is 8.81. The Morgan fingerprint density at radius 2 is 1.15 bits per heavy atom. The summed E-state index contributed by atoms with van der Waals surface area (Å²) in [6, 6.07) is 31.9. The first-order valence-electron chi connectivity index (χ1n) is 13.0. The summed E-state index contributed by atoms with van der Waals surface area (Å²) in [5.74, 6) is 0. The predicted octanol–water partition coefficient (Wildman–Crippen LogP) is 9.05. The van der Waals surface area contributed by atoms with Gasteiger partial charge in [0.1, 0.15) is 0 Å². The highest BCUT2D eigenvalue weighted by Crippen LogP contribution is 2.48. The lowest BCUT2D eigenvalue weighted by Crippen LogP contribution is -1.91. The Morgan fingerprint density at radius 1 is 0.485 bits per heavy atom. The van der Waals surface area contributed by atoms with Crippen LogP contribution in [0.15, 0.2) is 121 Å². The van der Waals surface area contributed by atoms with E-state index in [1.807, 2.05) is 54.6 Å². The molecule has 7 rings (SSSR count). The summed E-state index contributed by atoms with van der Waals surface area (Å²) in [5.41, 5.74) is 6.53. The van der Waals surface area contributed by atoms with Crippen LogP contribution in [-0.4, -0.2) is 0 Å². The van der Waals surface area contributed by atoms with Crippen LogP contribution in [0.3, 0.4) is 0 Å². The van der Waals surface area contributed by atoms with Crippen molar-refractivity contribution in [3.8, 4) is 33.4 Å². The molecule has 0 fully saturated rings. The molecule has 0 spiro atoms. The number of benzene rings is 6. The summed E-state index contributed by atoms with van der Waals surface area (Å²) >= 11 is 0. The molecule has 0 amide bonds. The van der Waals surface area contributed by atoms with Crippen LogP contribution in [0, 0.1) is 0 Å². The highest BCUT2D eigenvalue weighted by molar-refractivity contribution is 6.15. The lowest BCUT2D eigenvalue weighted by atomic mass is 9.98. The molecule has 0 heterocycles. The quantitative estimate of drug-likeness (QED) is 0.299. The highest BCUT2D eigenvalue weighted by atomic mass is 14.9. The minimum Gasteiger partial charge on any atom is -0.356 e. The summed E-state index contributed by atoms with van der Waals surface area (Å²) in [5, 5.41) is 7.54. The number of rotatable bonds is 3. The van der Waals surface area contributed by atoms with E-state index >= 15 is 0 Å². The molecule has 0 saturated heterocycles. The van der Waals surface area contributed by atoms with E-state index in [0.717, 1.165) is 33.2 Å². The topological polar surface area (TPSA) is 12.0 Å².